The van der Waals surface area contributed by atoms with Crippen LogP contribution in [0.2, 0.25) is 0 Å². The molecule has 136 valence electrons. The summed E-state index contributed by atoms with van der Waals surface area (Å²) in [6.07, 6.45) is 1.38. The highest BCUT2D eigenvalue weighted by atomic mass is 32.2. The van der Waals surface area contributed by atoms with Gasteiger partial charge < -0.3 is 15.5 Å². The monoisotopic (exact) mass is 387 g/mol. The molecule has 1 aromatic heterocycles. The first-order valence-electron chi connectivity index (χ1n) is 7.03. The van der Waals surface area contributed by atoms with E-state index in [0.29, 0.717) is 0 Å². The minimum absolute atomic E-state index is 0.123. The number of nitrogens with one attached hydrogen (secondary N) is 2. The van der Waals surface area contributed by atoms with E-state index < -0.39 is 45.4 Å². The Hall–Kier alpha value is -2.75. The lowest BCUT2D eigenvalue weighted by atomic mass is 10.2. The van der Waals surface area contributed by atoms with Crippen molar-refractivity contribution < 1.29 is 26.7 Å². The van der Waals surface area contributed by atoms with E-state index in [-0.39, 0.29) is 22.2 Å². The van der Waals surface area contributed by atoms with Crippen molar-refractivity contribution in [3.63, 3.8) is 0 Å². The molecule has 2 aromatic carbocycles. The second-order valence-corrected chi connectivity index (χ2v) is 6.24. The molecule has 10 heteroatoms. The van der Waals surface area contributed by atoms with Gasteiger partial charge in [0.1, 0.15) is 17.4 Å². The van der Waals surface area contributed by atoms with Gasteiger partial charge in [0, 0.05) is 23.2 Å². The molecule has 0 radical (unpaired) electrons. The molecule has 0 aliphatic carbocycles. The summed E-state index contributed by atoms with van der Waals surface area (Å²) in [6, 6.07) is 5.41. The summed E-state index contributed by atoms with van der Waals surface area (Å²) in [7, 11) is 0. The number of nitrogen functional groups attached to an aromatic ring is 1. The van der Waals surface area contributed by atoms with Crippen LogP contribution in [0.3, 0.4) is 0 Å². The fourth-order valence-corrected chi connectivity index (χ4v) is 3.08. The van der Waals surface area contributed by atoms with Gasteiger partial charge in [-0.05, 0) is 36.0 Å². The van der Waals surface area contributed by atoms with Crippen molar-refractivity contribution in [1.82, 2.24) is 4.98 Å². The topological polar surface area (TPSA) is 74.9 Å². The van der Waals surface area contributed by atoms with E-state index in [2.05, 4.69) is 4.98 Å². The van der Waals surface area contributed by atoms with Crippen molar-refractivity contribution in [3.05, 3.63) is 53.7 Å². The second kappa shape index (κ2) is 6.52. The summed E-state index contributed by atoms with van der Waals surface area (Å²) in [6.45, 7) is 0. The van der Waals surface area contributed by atoms with E-state index in [1.165, 1.54) is 12.3 Å². The number of aromatic amines is 1. The quantitative estimate of drug-likeness (QED) is 0.251. The van der Waals surface area contributed by atoms with Gasteiger partial charge in [0.05, 0.1) is 10.5 Å². The van der Waals surface area contributed by atoms with Crippen LogP contribution in [0.5, 0.6) is 11.5 Å². The molecule has 0 fully saturated rings. The lowest BCUT2D eigenvalue weighted by Crippen LogP contribution is -2.13. The maximum absolute atomic E-state index is 14.4. The minimum atomic E-state index is -4.68. The highest BCUT2D eigenvalue weighted by Gasteiger charge is 2.33. The molecule has 0 aliphatic rings. The zero-order chi connectivity index (χ0) is 19.1. The van der Waals surface area contributed by atoms with Crippen LogP contribution in [0.25, 0.3) is 10.9 Å². The lowest BCUT2D eigenvalue weighted by Gasteiger charge is -2.15. The third-order valence-electron chi connectivity index (χ3n) is 3.38. The Morgan fingerprint density at radius 1 is 1.12 bits per heavy atom. The molecule has 26 heavy (non-hydrogen) atoms. The molecule has 4 N–H and O–H groups in total. The summed E-state index contributed by atoms with van der Waals surface area (Å²) in [4.78, 5) is 2.17. The number of hydrogen-bond acceptors (Lipinski definition) is 3. The average Bonchev–Trinajstić information content (AvgIpc) is 2.98. The minimum Gasteiger partial charge on any atom is -0.453 e. The van der Waals surface area contributed by atoms with Crippen molar-refractivity contribution in [1.29, 1.82) is 5.41 Å². The molecule has 1 heterocycles. The highest BCUT2D eigenvalue weighted by Crippen LogP contribution is 2.47. The number of ether oxygens (including phenoxy) is 1. The third-order valence-corrected chi connectivity index (χ3v) is 4.22. The smallest absolute Gasteiger partial charge is 0.446 e. The third kappa shape index (κ3) is 3.59. The number of amidine groups is 1. The largest absolute Gasteiger partial charge is 0.453 e. The molecule has 3 aromatic rings. The van der Waals surface area contributed by atoms with E-state index >= 15 is 0 Å². The maximum atomic E-state index is 14.4. The molecular weight excluding hydrogens is 377 g/mol. The Balaban J connectivity index is 2.12. The molecule has 0 atom stereocenters. The molecule has 0 spiro atoms. The van der Waals surface area contributed by atoms with Gasteiger partial charge in [-0.2, -0.15) is 13.2 Å². The number of fused-ring (bicyclic) bond motifs is 1. The standard InChI is InChI=1S/C16H10F5N3OS/c17-10-2-1-7(5-9(10)15(22)23)25-13-11(18)6-12-8(3-4-24-12)14(13)26-16(19,20)21/h1-6,24H,(H3,22,23). The van der Waals surface area contributed by atoms with Gasteiger partial charge in [-0.25, -0.2) is 8.78 Å². The normalized spacial score (nSPS) is 11.7. The fourth-order valence-electron chi connectivity index (χ4n) is 2.33. The fraction of sp³-hybridized carbons (Fsp3) is 0.0625. The van der Waals surface area contributed by atoms with E-state index in [4.69, 9.17) is 15.9 Å². The van der Waals surface area contributed by atoms with Gasteiger partial charge in [-0.1, -0.05) is 0 Å². The van der Waals surface area contributed by atoms with Crippen LogP contribution in [-0.2, 0) is 0 Å². The number of benzene rings is 2. The van der Waals surface area contributed by atoms with Crippen LogP contribution < -0.4 is 10.5 Å². The van der Waals surface area contributed by atoms with Crippen LogP contribution in [0.1, 0.15) is 5.56 Å². The van der Waals surface area contributed by atoms with E-state index in [0.717, 1.165) is 24.3 Å². The van der Waals surface area contributed by atoms with Crippen molar-refractivity contribution >= 4 is 28.5 Å². The SMILES string of the molecule is N=C(N)c1cc(Oc2c(F)cc3[nH]ccc3c2SC(F)(F)F)ccc1F. The second-order valence-electron chi connectivity index (χ2n) is 5.16. The predicted molar refractivity (Wildman–Crippen MR) is 87.7 cm³/mol. The summed E-state index contributed by atoms with van der Waals surface area (Å²) in [5.74, 6) is -3.24. The number of nitrogens with two attached hydrogens (primary N) is 1. The summed E-state index contributed by atoms with van der Waals surface area (Å²) < 4.78 is 72.1. The van der Waals surface area contributed by atoms with Gasteiger partial charge in [0.25, 0.3) is 0 Å². The summed E-state index contributed by atoms with van der Waals surface area (Å²) >= 11 is -0.517. The Kier molecular flexibility index (Phi) is 4.53. The molecule has 0 saturated heterocycles. The van der Waals surface area contributed by atoms with Crippen LogP contribution in [0.4, 0.5) is 22.0 Å². The molecule has 0 bridgehead atoms. The molecule has 0 unspecified atom stereocenters. The van der Waals surface area contributed by atoms with Gasteiger partial charge >= 0.3 is 5.51 Å². The predicted octanol–water partition coefficient (Wildman–Crippen LogP) is 5.13. The van der Waals surface area contributed by atoms with E-state index in [9.17, 15) is 22.0 Å². The molecule has 4 nitrogen and oxygen atoms in total. The first kappa shape index (κ1) is 18.1. The number of rotatable bonds is 4. The van der Waals surface area contributed by atoms with Crippen LogP contribution in [-0.4, -0.2) is 16.3 Å². The Morgan fingerprint density at radius 2 is 1.85 bits per heavy atom. The number of aromatic nitrogens is 1. The van der Waals surface area contributed by atoms with Crippen molar-refractivity contribution in [2.45, 2.75) is 10.4 Å². The van der Waals surface area contributed by atoms with Crippen molar-refractivity contribution in [2.75, 3.05) is 0 Å². The number of alkyl halides is 3. The molecular formula is C16H10F5N3OS. The van der Waals surface area contributed by atoms with Gasteiger partial charge in [-0.3, -0.25) is 5.41 Å². The Morgan fingerprint density at radius 3 is 2.50 bits per heavy atom. The van der Waals surface area contributed by atoms with Gasteiger partial charge in [-0.15, -0.1) is 0 Å². The van der Waals surface area contributed by atoms with E-state index in [1.54, 1.807) is 0 Å². The summed E-state index contributed by atoms with van der Waals surface area (Å²) in [5.41, 5.74) is 0.422. The summed E-state index contributed by atoms with van der Waals surface area (Å²) in [5, 5.41) is 7.42. The number of H-pyrrole nitrogens is 1. The maximum Gasteiger partial charge on any atom is 0.446 e. The first-order chi connectivity index (χ1) is 12.2. The lowest BCUT2D eigenvalue weighted by molar-refractivity contribution is -0.0328. The van der Waals surface area contributed by atoms with Gasteiger partial charge in [0.15, 0.2) is 11.6 Å². The van der Waals surface area contributed by atoms with Gasteiger partial charge in [0.2, 0.25) is 0 Å². The van der Waals surface area contributed by atoms with Crippen LogP contribution in [0.15, 0.2) is 41.4 Å². The molecule has 0 aliphatic heterocycles. The molecule has 3 rings (SSSR count). The Labute approximate surface area is 147 Å². The van der Waals surface area contributed by atoms with Crippen molar-refractivity contribution in [3.8, 4) is 11.5 Å². The van der Waals surface area contributed by atoms with Crippen LogP contribution in [0, 0.1) is 17.0 Å². The van der Waals surface area contributed by atoms with Crippen LogP contribution >= 0.6 is 11.8 Å². The zero-order valence-electron chi connectivity index (χ0n) is 12.7. The Bertz CT molecular complexity index is 999. The molecule has 0 saturated carbocycles. The van der Waals surface area contributed by atoms with E-state index in [1.807, 2.05) is 0 Å². The number of thioether (sulfide) groups is 1. The highest BCUT2D eigenvalue weighted by molar-refractivity contribution is 8.00. The zero-order valence-corrected chi connectivity index (χ0v) is 13.6. The number of halogens is 5. The average molecular weight is 387 g/mol. The van der Waals surface area contributed by atoms with Crippen molar-refractivity contribution in [2.24, 2.45) is 5.73 Å². The molecule has 0 amide bonds. The first-order valence-corrected chi connectivity index (χ1v) is 7.84. The number of hydrogen-bond donors (Lipinski definition) is 3.